The van der Waals surface area contributed by atoms with Gasteiger partial charge in [-0.3, -0.25) is 0 Å². The summed E-state index contributed by atoms with van der Waals surface area (Å²) in [5.74, 6) is -0.975. The molecule has 0 atom stereocenters. The molecule has 0 aliphatic carbocycles. The molecule has 2 N–H and O–H groups in total. The van der Waals surface area contributed by atoms with E-state index in [1.807, 2.05) is 0 Å². The van der Waals surface area contributed by atoms with Gasteiger partial charge in [-0.05, 0) is 19.2 Å². The molecule has 1 aromatic carbocycles. The topological polar surface area (TPSA) is 63.0 Å². The fourth-order valence-electron chi connectivity index (χ4n) is 1.28. The number of halogens is 2. The number of hydrogen-bond donors (Lipinski definition) is 2. The van der Waals surface area contributed by atoms with Crippen LogP contribution in [-0.4, -0.2) is 17.2 Å². The normalized spacial score (nSPS) is 10.5. The smallest absolute Gasteiger partial charge is 0.320 e. The van der Waals surface area contributed by atoms with Gasteiger partial charge in [0, 0.05) is 11.8 Å². The van der Waals surface area contributed by atoms with Gasteiger partial charge in [-0.15, -0.1) is 5.10 Å². The van der Waals surface area contributed by atoms with E-state index in [0.29, 0.717) is 12.4 Å². The van der Waals surface area contributed by atoms with Gasteiger partial charge in [0.2, 0.25) is 5.89 Å². The molecule has 17 heavy (non-hydrogen) atoms. The minimum atomic E-state index is -0.678. The molecule has 0 spiro atoms. The summed E-state index contributed by atoms with van der Waals surface area (Å²) >= 11 is 0. The van der Waals surface area contributed by atoms with Crippen molar-refractivity contribution in [2.24, 2.45) is 0 Å². The Balaban J connectivity index is 2.13. The molecule has 0 aliphatic heterocycles. The highest BCUT2D eigenvalue weighted by molar-refractivity contribution is 5.51. The molecule has 0 unspecified atom stereocenters. The predicted octanol–water partition coefficient (Wildman–Crippen LogP) is 1.81. The van der Waals surface area contributed by atoms with Crippen LogP contribution in [0.3, 0.4) is 0 Å². The van der Waals surface area contributed by atoms with Crippen LogP contribution >= 0.6 is 0 Å². The molecule has 7 heteroatoms. The second-order valence-corrected chi connectivity index (χ2v) is 3.31. The average Bonchev–Trinajstić information content (AvgIpc) is 2.64. The number of aromatic nitrogens is 2. The summed E-state index contributed by atoms with van der Waals surface area (Å²) in [5, 5.41) is 12.8. The van der Waals surface area contributed by atoms with Crippen molar-refractivity contribution in [3.63, 3.8) is 0 Å². The Bertz CT molecular complexity index is 495. The molecule has 5 nitrogen and oxygen atoms in total. The Morgan fingerprint density at radius 1 is 1.18 bits per heavy atom. The third-order valence-corrected chi connectivity index (χ3v) is 1.91. The van der Waals surface area contributed by atoms with Gasteiger partial charge in [-0.2, -0.15) is 0 Å². The maximum absolute atomic E-state index is 12.9. The molecule has 0 amide bonds. The molecule has 0 saturated carbocycles. The Hall–Kier alpha value is -2.02. The van der Waals surface area contributed by atoms with E-state index in [9.17, 15) is 8.78 Å². The monoisotopic (exact) mass is 240 g/mol. The maximum Gasteiger partial charge on any atom is 0.320 e. The van der Waals surface area contributed by atoms with Gasteiger partial charge in [0.05, 0.1) is 6.54 Å². The number of nitrogens with one attached hydrogen (secondary N) is 2. The standard InChI is InChI=1S/C10H10F2N4O/c1-13-5-9-15-16-10(17-9)14-8-3-6(11)2-7(12)4-8/h2-4,13H,5H2,1H3,(H,14,16). The minimum Gasteiger partial charge on any atom is -0.406 e. The molecule has 90 valence electrons. The van der Waals surface area contributed by atoms with Crippen LogP contribution in [0.5, 0.6) is 0 Å². The predicted molar refractivity (Wildman–Crippen MR) is 56.7 cm³/mol. The van der Waals surface area contributed by atoms with Gasteiger partial charge in [0.25, 0.3) is 0 Å². The van der Waals surface area contributed by atoms with E-state index < -0.39 is 11.6 Å². The van der Waals surface area contributed by atoms with Crippen molar-refractivity contribution in [1.29, 1.82) is 0 Å². The van der Waals surface area contributed by atoms with Gasteiger partial charge in [-0.1, -0.05) is 5.10 Å². The van der Waals surface area contributed by atoms with E-state index in [4.69, 9.17) is 4.42 Å². The molecule has 2 rings (SSSR count). The first-order valence-electron chi connectivity index (χ1n) is 4.87. The number of benzene rings is 1. The van der Waals surface area contributed by atoms with Crippen molar-refractivity contribution in [3.8, 4) is 0 Å². The lowest BCUT2D eigenvalue weighted by atomic mass is 10.3. The molecule has 0 aliphatic rings. The summed E-state index contributed by atoms with van der Waals surface area (Å²) in [4.78, 5) is 0. The number of anilines is 2. The fraction of sp³-hybridized carbons (Fsp3) is 0.200. The van der Waals surface area contributed by atoms with Gasteiger partial charge < -0.3 is 15.1 Å². The zero-order chi connectivity index (χ0) is 12.3. The summed E-state index contributed by atoms with van der Waals surface area (Å²) in [6.07, 6.45) is 0. The first-order valence-corrected chi connectivity index (χ1v) is 4.87. The van der Waals surface area contributed by atoms with Crippen LogP contribution in [-0.2, 0) is 6.54 Å². The second-order valence-electron chi connectivity index (χ2n) is 3.31. The van der Waals surface area contributed by atoms with Crippen molar-refractivity contribution >= 4 is 11.7 Å². The Labute approximate surface area is 95.9 Å². The van der Waals surface area contributed by atoms with Crippen LogP contribution in [0.15, 0.2) is 22.6 Å². The van der Waals surface area contributed by atoms with Crippen molar-refractivity contribution in [1.82, 2.24) is 15.5 Å². The fourth-order valence-corrected chi connectivity index (χ4v) is 1.28. The van der Waals surface area contributed by atoms with Crippen molar-refractivity contribution in [2.75, 3.05) is 12.4 Å². The van der Waals surface area contributed by atoms with E-state index in [-0.39, 0.29) is 11.7 Å². The third kappa shape index (κ3) is 2.97. The molecule has 0 bridgehead atoms. The lowest BCUT2D eigenvalue weighted by Crippen LogP contribution is -2.04. The van der Waals surface area contributed by atoms with Crippen LogP contribution in [0.2, 0.25) is 0 Å². The minimum absolute atomic E-state index is 0.0836. The van der Waals surface area contributed by atoms with Crippen molar-refractivity contribution in [3.05, 3.63) is 35.7 Å². The third-order valence-electron chi connectivity index (χ3n) is 1.91. The summed E-state index contributed by atoms with van der Waals surface area (Å²) in [6.45, 7) is 0.423. The maximum atomic E-state index is 12.9. The van der Waals surface area contributed by atoms with Crippen LogP contribution in [0, 0.1) is 11.6 Å². The van der Waals surface area contributed by atoms with E-state index in [0.717, 1.165) is 18.2 Å². The first-order chi connectivity index (χ1) is 8.17. The van der Waals surface area contributed by atoms with Gasteiger partial charge >= 0.3 is 6.01 Å². The molecule has 0 fully saturated rings. The lowest BCUT2D eigenvalue weighted by molar-refractivity contribution is 0.492. The lowest BCUT2D eigenvalue weighted by Gasteiger charge is -2.01. The highest BCUT2D eigenvalue weighted by Crippen LogP contribution is 2.17. The average molecular weight is 240 g/mol. The molecule has 1 heterocycles. The van der Waals surface area contributed by atoms with Crippen molar-refractivity contribution < 1.29 is 13.2 Å². The molecular formula is C10H10F2N4O. The van der Waals surface area contributed by atoms with E-state index in [1.165, 1.54) is 0 Å². The Morgan fingerprint density at radius 2 is 1.88 bits per heavy atom. The summed E-state index contributed by atoms with van der Waals surface area (Å²) in [6, 6.07) is 3.13. The molecule has 2 aromatic rings. The SMILES string of the molecule is CNCc1nnc(Nc2cc(F)cc(F)c2)o1. The van der Waals surface area contributed by atoms with E-state index in [1.54, 1.807) is 7.05 Å². The zero-order valence-electron chi connectivity index (χ0n) is 9.00. The second kappa shape index (κ2) is 4.88. The summed E-state index contributed by atoms with van der Waals surface area (Å²) < 4.78 is 31.0. The molecule has 0 saturated heterocycles. The Morgan fingerprint density at radius 3 is 2.53 bits per heavy atom. The van der Waals surface area contributed by atoms with Crippen LogP contribution < -0.4 is 10.6 Å². The quantitative estimate of drug-likeness (QED) is 0.853. The summed E-state index contributed by atoms with van der Waals surface area (Å²) in [5.41, 5.74) is 0.210. The first kappa shape index (κ1) is 11.5. The molecule has 0 radical (unpaired) electrons. The number of hydrogen-bond acceptors (Lipinski definition) is 5. The van der Waals surface area contributed by atoms with Gasteiger partial charge in [0.1, 0.15) is 11.6 Å². The van der Waals surface area contributed by atoms with E-state index >= 15 is 0 Å². The number of rotatable bonds is 4. The van der Waals surface area contributed by atoms with Crippen LogP contribution in [0.25, 0.3) is 0 Å². The highest BCUT2D eigenvalue weighted by atomic mass is 19.1. The van der Waals surface area contributed by atoms with Crippen LogP contribution in [0.1, 0.15) is 5.89 Å². The Kier molecular flexibility index (Phi) is 3.29. The largest absolute Gasteiger partial charge is 0.406 e. The van der Waals surface area contributed by atoms with Crippen LogP contribution in [0.4, 0.5) is 20.5 Å². The molecular weight excluding hydrogens is 230 g/mol. The molecule has 1 aromatic heterocycles. The van der Waals surface area contributed by atoms with E-state index in [2.05, 4.69) is 20.8 Å². The zero-order valence-corrected chi connectivity index (χ0v) is 9.00. The van der Waals surface area contributed by atoms with Crippen molar-refractivity contribution in [2.45, 2.75) is 6.54 Å². The highest BCUT2D eigenvalue weighted by Gasteiger charge is 2.07. The summed E-state index contributed by atoms with van der Waals surface area (Å²) in [7, 11) is 1.74. The van der Waals surface area contributed by atoms with Gasteiger partial charge in [0.15, 0.2) is 0 Å². The van der Waals surface area contributed by atoms with Gasteiger partial charge in [-0.25, -0.2) is 8.78 Å². The number of nitrogens with zero attached hydrogens (tertiary/aromatic N) is 2.